The Kier molecular flexibility index (Phi) is 3.37. The first-order valence-electron chi connectivity index (χ1n) is 3.66. The fourth-order valence-electron chi connectivity index (χ4n) is 0.889. The van der Waals surface area contributed by atoms with Crippen molar-refractivity contribution in [3.8, 4) is 0 Å². The Hall–Kier alpha value is -1.26. The second-order valence-electron chi connectivity index (χ2n) is 2.25. The number of hydrogen-bond acceptors (Lipinski definition) is 4. The average Bonchev–Trinajstić information content (AvgIpc) is 2.09. The van der Waals surface area contributed by atoms with E-state index in [4.69, 9.17) is 10.2 Å². The maximum Gasteiger partial charge on any atom is 0.113 e. The molecule has 1 rings (SSSR count). The number of hydrogen-bond donors (Lipinski definition) is 4. The van der Waals surface area contributed by atoms with Crippen molar-refractivity contribution in [2.24, 2.45) is 0 Å². The van der Waals surface area contributed by atoms with Gasteiger partial charge in [0, 0.05) is 11.4 Å². The van der Waals surface area contributed by atoms with Gasteiger partial charge < -0.3 is 20.8 Å². The molecule has 0 saturated heterocycles. The number of rotatable bonds is 4. The summed E-state index contributed by atoms with van der Waals surface area (Å²) in [5.41, 5.74) is 1.70. The van der Waals surface area contributed by atoms with E-state index in [0.717, 1.165) is 11.4 Å². The van der Waals surface area contributed by atoms with Gasteiger partial charge >= 0.3 is 0 Å². The van der Waals surface area contributed by atoms with Gasteiger partial charge in [0.1, 0.15) is 13.5 Å². The highest BCUT2D eigenvalue weighted by molar-refractivity contribution is 5.53. The molecule has 12 heavy (non-hydrogen) atoms. The second-order valence-corrected chi connectivity index (χ2v) is 2.25. The van der Waals surface area contributed by atoms with Crippen molar-refractivity contribution in [3.05, 3.63) is 24.3 Å². The lowest BCUT2D eigenvalue weighted by atomic mass is 10.3. The third-order valence-corrected chi connectivity index (χ3v) is 1.45. The Balaban J connectivity index is 2.58. The van der Waals surface area contributed by atoms with E-state index in [-0.39, 0.29) is 13.5 Å². The highest BCUT2D eigenvalue weighted by Crippen LogP contribution is 2.12. The van der Waals surface area contributed by atoms with Gasteiger partial charge in [0.2, 0.25) is 0 Å². The lowest BCUT2D eigenvalue weighted by Gasteiger charge is -2.04. The normalized spacial score (nSPS) is 9.50. The van der Waals surface area contributed by atoms with E-state index in [0.29, 0.717) is 0 Å². The summed E-state index contributed by atoms with van der Waals surface area (Å²) in [6.07, 6.45) is 0. The molecule has 0 radical (unpaired) electrons. The number of nitrogens with one attached hydrogen (secondary N) is 2. The third kappa shape index (κ3) is 2.41. The van der Waals surface area contributed by atoms with Crippen LogP contribution in [0, 0.1) is 0 Å². The van der Waals surface area contributed by atoms with Crippen LogP contribution in [0.15, 0.2) is 24.3 Å². The molecule has 0 aliphatic rings. The van der Waals surface area contributed by atoms with Crippen LogP contribution in [-0.4, -0.2) is 23.7 Å². The lowest BCUT2D eigenvalue weighted by molar-refractivity contribution is 0.325. The second kappa shape index (κ2) is 4.58. The van der Waals surface area contributed by atoms with Crippen molar-refractivity contribution in [2.75, 3.05) is 24.1 Å². The maximum atomic E-state index is 8.53. The zero-order valence-electron chi connectivity index (χ0n) is 6.62. The molecule has 0 spiro atoms. The standard InChI is InChI=1S/C8H12N2O2/c11-5-9-7-1-2-8(4-3-7)10-6-12/h1-4,9-12H,5-6H2. The summed E-state index contributed by atoms with van der Waals surface area (Å²) in [5, 5.41) is 22.5. The van der Waals surface area contributed by atoms with Crippen LogP contribution in [0.25, 0.3) is 0 Å². The molecule has 0 aliphatic heterocycles. The van der Waals surface area contributed by atoms with Crippen LogP contribution in [0.5, 0.6) is 0 Å². The molecule has 0 aromatic heterocycles. The topological polar surface area (TPSA) is 64.5 Å². The van der Waals surface area contributed by atoms with E-state index in [2.05, 4.69) is 10.6 Å². The quantitative estimate of drug-likeness (QED) is 0.492. The molecule has 0 fully saturated rings. The molecule has 0 atom stereocenters. The minimum atomic E-state index is -0.0766. The molecule has 0 unspecified atom stereocenters. The Morgan fingerprint density at radius 3 is 1.42 bits per heavy atom. The van der Waals surface area contributed by atoms with Crippen molar-refractivity contribution in [1.82, 2.24) is 0 Å². The Morgan fingerprint density at radius 1 is 0.833 bits per heavy atom. The molecule has 4 nitrogen and oxygen atoms in total. The van der Waals surface area contributed by atoms with E-state index >= 15 is 0 Å². The summed E-state index contributed by atoms with van der Waals surface area (Å²) in [7, 11) is 0. The van der Waals surface area contributed by atoms with Crippen molar-refractivity contribution < 1.29 is 10.2 Å². The zero-order valence-corrected chi connectivity index (χ0v) is 6.62. The van der Waals surface area contributed by atoms with Gasteiger partial charge in [-0.2, -0.15) is 0 Å². The smallest absolute Gasteiger partial charge is 0.113 e. The SMILES string of the molecule is OCNc1ccc(NCO)cc1. The van der Waals surface area contributed by atoms with Gasteiger partial charge in [-0.1, -0.05) is 0 Å². The molecule has 4 N–H and O–H groups in total. The van der Waals surface area contributed by atoms with Crippen LogP contribution in [0.3, 0.4) is 0 Å². The summed E-state index contributed by atoms with van der Waals surface area (Å²) in [5.74, 6) is 0. The highest BCUT2D eigenvalue weighted by Gasteiger charge is 1.90. The highest BCUT2D eigenvalue weighted by atomic mass is 16.3. The van der Waals surface area contributed by atoms with E-state index in [1.807, 2.05) is 24.3 Å². The minimum Gasteiger partial charge on any atom is -0.377 e. The lowest BCUT2D eigenvalue weighted by Crippen LogP contribution is -2.01. The van der Waals surface area contributed by atoms with E-state index in [1.54, 1.807) is 0 Å². The van der Waals surface area contributed by atoms with Gasteiger partial charge in [-0.3, -0.25) is 0 Å². The van der Waals surface area contributed by atoms with E-state index in [1.165, 1.54) is 0 Å². The predicted molar refractivity (Wildman–Crippen MR) is 47.9 cm³/mol. The monoisotopic (exact) mass is 168 g/mol. The number of aliphatic hydroxyl groups excluding tert-OH is 2. The van der Waals surface area contributed by atoms with Gasteiger partial charge in [0.25, 0.3) is 0 Å². The zero-order chi connectivity index (χ0) is 8.81. The maximum absolute atomic E-state index is 8.53. The van der Waals surface area contributed by atoms with Gasteiger partial charge in [0.05, 0.1) is 0 Å². The van der Waals surface area contributed by atoms with Crippen molar-refractivity contribution in [1.29, 1.82) is 0 Å². The van der Waals surface area contributed by atoms with Crippen LogP contribution < -0.4 is 10.6 Å². The third-order valence-electron chi connectivity index (χ3n) is 1.45. The van der Waals surface area contributed by atoms with Crippen LogP contribution in [0.1, 0.15) is 0 Å². The van der Waals surface area contributed by atoms with E-state index < -0.39 is 0 Å². The Morgan fingerprint density at radius 2 is 1.17 bits per heavy atom. The molecule has 66 valence electrons. The van der Waals surface area contributed by atoms with Gasteiger partial charge in [-0.15, -0.1) is 0 Å². The first kappa shape index (κ1) is 8.83. The molecular formula is C8H12N2O2. The van der Waals surface area contributed by atoms with Crippen LogP contribution in [0.2, 0.25) is 0 Å². The van der Waals surface area contributed by atoms with E-state index in [9.17, 15) is 0 Å². The summed E-state index contributed by atoms with van der Waals surface area (Å²) in [4.78, 5) is 0. The minimum absolute atomic E-state index is 0.0766. The largest absolute Gasteiger partial charge is 0.377 e. The fraction of sp³-hybridized carbons (Fsp3) is 0.250. The van der Waals surface area contributed by atoms with Gasteiger partial charge in [-0.05, 0) is 24.3 Å². The predicted octanol–water partition coefficient (Wildman–Crippen LogP) is 0.410. The number of anilines is 2. The first-order valence-corrected chi connectivity index (χ1v) is 3.66. The Bertz CT molecular complexity index is 198. The summed E-state index contributed by atoms with van der Waals surface area (Å²) >= 11 is 0. The molecular weight excluding hydrogens is 156 g/mol. The Labute approximate surface area is 70.8 Å². The summed E-state index contributed by atoms with van der Waals surface area (Å²) < 4.78 is 0. The average molecular weight is 168 g/mol. The van der Waals surface area contributed by atoms with Crippen molar-refractivity contribution in [2.45, 2.75) is 0 Å². The van der Waals surface area contributed by atoms with Crippen LogP contribution in [-0.2, 0) is 0 Å². The molecule has 1 aromatic carbocycles. The number of benzene rings is 1. The molecule has 0 saturated carbocycles. The summed E-state index contributed by atoms with van der Waals surface area (Å²) in [6, 6.07) is 7.25. The summed E-state index contributed by atoms with van der Waals surface area (Å²) in [6.45, 7) is -0.153. The molecule has 0 heterocycles. The van der Waals surface area contributed by atoms with Crippen LogP contribution in [0.4, 0.5) is 11.4 Å². The molecule has 1 aromatic rings. The van der Waals surface area contributed by atoms with Crippen molar-refractivity contribution >= 4 is 11.4 Å². The van der Waals surface area contributed by atoms with Gasteiger partial charge in [-0.25, -0.2) is 0 Å². The molecule has 0 aliphatic carbocycles. The molecule has 4 heteroatoms. The fourth-order valence-corrected chi connectivity index (χ4v) is 0.889. The first-order chi connectivity index (χ1) is 5.86. The van der Waals surface area contributed by atoms with Gasteiger partial charge in [0.15, 0.2) is 0 Å². The molecule has 0 bridgehead atoms. The molecule has 0 amide bonds. The number of aliphatic hydroxyl groups is 2. The van der Waals surface area contributed by atoms with Crippen LogP contribution >= 0.6 is 0 Å². The van der Waals surface area contributed by atoms with Crippen molar-refractivity contribution in [3.63, 3.8) is 0 Å².